The van der Waals surface area contributed by atoms with Gasteiger partial charge < -0.3 is 10.6 Å². The van der Waals surface area contributed by atoms with Gasteiger partial charge in [0.05, 0.1) is 0 Å². The second-order valence-electron chi connectivity index (χ2n) is 4.04. The van der Waals surface area contributed by atoms with Crippen LogP contribution in [0.3, 0.4) is 0 Å². The Morgan fingerprint density at radius 1 is 1.40 bits per heavy atom. The number of pyridine rings is 1. The molecule has 0 amide bonds. The van der Waals surface area contributed by atoms with Crippen LogP contribution in [-0.4, -0.2) is 16.1 Å². The minimum Gasteiger partial charge on any atom is -0.360 e. The maximum absolute atomic E-state index is 5.18. The first-order chi connectivity index (χ1) is 7.13. The molecule has 0 bridgehead atoms. The summed E-state index contributed by atoms with van der Waals surface area (Å²) in [7, 11) is 0. The molecule has 1 fully saturated rings. The zero-order valence-corrected chi connectivity index (χ0v) is 9.82. The molecule has 0 unspecified atom stereocenters. The molecule has 4 heteroatoms. The van der Waals surface area contributed by atoms with Gasteiger partial charge in [0.1, 0.15) is 5.82 Å². The van der Waals surface area contributed by atoms with Gasteiger partial charge in [0.25, 0.3) is 0 Å². The van der Waals surface area contributed by atoms with Crippen molar-refractivity contribution in [2.24, 2.45) is 0 Å². The molecular formula is C11H15N3S. The first-order valence-corrected chi connectivity index (χ1v) is 5.57. The summed E-state index contributed by atoms with van der Waals surface area (Å²) in [6, 6.07) is 4.62. The quantitative estimate of drug-likeness (QED) is 0.750. The van der Waals surface area contributed by atoms with Crippen LogP contribution in [0.2, 0.25) is 0 Å². The zero-order chi connectivity index (χ0) is 10.8. The van der Waals surface area contributed by atoms with Crippen molar-refractivity contribution in [1.82, 2.24) is 10.3 Å². The van der Waals surface area contributed by atoms with Crippen molar-refractivity contribution >= 4 is 23.1 Å². The van der Waals surface area contributed by atoms with E-state index in [1.807, 2.05) is 19.1 Å². The molecular weight excluding hydrogens is 206 g/mol. The van der Waals surface area contributed by atoms with Gasteiger partial charge in [0.2, 0.25) is 0 Å². The molecule has 0 radical (unpaired) electrons. The Morgan fingerprint density at radius 2 is 2.13 bits per heavy atom. The largest absolute Gasteiger partial charge is 0.360 e. The summed E-state index contributed by atoms with van der Waals surface area (Å²) in [6.07, 6.45) is 2.45. The Kier molecular flexibility index (Phi) is 2.86. The standard InChI is InChI=1S/C11H15N3S/c1-7-5-8(2)12-10(6-7)14-11(15)13-9-3-4-9/h5-6,9H,3-4H2,1-2H3,(H2,12,13,14,15). The molecule has 1 aromatic heterocycles. The Hall–Kier alpha value is -1.16. The first kappa shape index (κ1) is 10.4. The summed E-state index contributed by atoms with van der Waals surface area (Å²) in [6.45, 7) is 4.03. The molecule has 0 spiro atoms. The maximum Gasteiger partial charge on any atom is 0.172 e. The van der Waals surface area contributed by atoms with Crippen molar-refractivity contribution in [3.8, 4) is 0 Å². The maximum atomic E-state index is 5.18. The van der Waals surface area contributed by atoms with Crippen LogP contribution in [0.15, 0.2) is 12.1 Å². The summed E-state index contributed by atoms with van der Waals surface area (Å²) >= 11 is 5.18. The summed E-state index contributed by atoms with van der Waals surface area (Å²) in [4.78, 5) is 4.36. The van der Waals surface area contributed by atoms with Crippen molar-refractivity contribution in [3.05, 3.63) is 23.4 Å². The van der Waals surface area contributed by atoms with Crippen LogP contribution in [0.1, 0.15) is 24.1 Å². The van der Waals surface area contributed by atoms with Crippen LogP contribution in [0.4, 0.5) is 5.82 Å². The fraction of sp³-hybridized carbons (Fsp3) is 0.455. The van der Waals surface area contributed by atoms with Crippen LogP contribution in [0, 0.1) is 13.8 Å². The predicted molar refractivity (Wildman–Crippen MR) is 66.1 cm³/mol. The molecule has 1 heterocycles. The van der Waals surface area contributed by atoms with Crippen molar-refractivity contribution in [2.45, 2.75) is 32.7 Å². The Labute approximate surface area is 95.3 Å². The molecule has 1 aliphatic rings. The van der Waals surface area contributed by atoms with E-state index in [9.17, 15) is 0 Å². The SMILES string of the molecule is Cc1cc(C)nc(NC(=S)NC2CC2)c1. The van der Waals surface area contributed by atoms with E-state index in [1.54, 1.807) is 0 Å². The Morgan fingerprint density at radius 3 is 2.73 bits per heavy atom. The molecule has 80 valence electrons. The minimum atomic E-state index is 0.580. The minimum absolute atomic E-state index is 0.580. The third-order valence-corrected chi connectivity index (χ3v) is 2.47. The van der Waals surface area contributed by atoms with E-state index in [-0.39, 0.29) is 0 Å². The number of rotatable bonds is 2. The first-order valence-electron chi connectivity index (χ1n) is 5.16. The second-order valence-corrected chi connectivity index (χ2v) is 4.45. The lowest BCUT2D eigenvalue weighted by Gasteiger charge is -2.09. The smallest absolute Gasteiger partial charge is 0.172 e. The lowest BCUT2D eigenvalue weighted by molar-refractivity contribution is 0.918. The Balaban J connectivity index is 1.99. The van der Waals surface area contributed by atoms with Gasteiger partial charge in [-0.15, -0.1) is 0 Å². The van der Waals surface area contributed by atoms with Crippen LogP contribution < -0.4 is 10.6 Å². The third-order valence-electron chi connectivity index (χ3n) is 2.25. The third kappa shape index (κ3) is 3.16. The highest BCUT2D eigenvalue weighted by Gasteiger charge is 2.21. The summed E-state index contributed by atoms with van der Waals surface area (Å²) in [5, 5.41) is 7.00. The molecule has 1 aliphatic carbocycles. The van der Waals surface area contributed by atoms with Gasteiger partial charge in [0.15, 0.2) is 5.11 Å². The van der Waals surface area contributed by atoms with Crippen molar-refractivity contribution < 1.29 is 0 Å². The molecule has 2 N–H and O–H groups in total. The highest BCUT2D eigenvalue weighted by atomic mass is 32.1. The second kappa shape index (κ2) is 4.14. The van der Waals surface area contributed by atoms with Crippen LogP contribution >= 0.6 is 12.2 Å². The lowest BCUT2D eigenvalue weighted by Crippen LogP contribution is -2.30. The fourth-order valence-electron chi connectivity index (χ4n) is 1.47. The number of hydrogen-bond acceptors (Lipinski definition) is 2. The van der Waals surface area contributed by atoms with Gasteiger partial charge in [0, 0.05) is 11.7 Å². The van der Waals surface area contributed by atoms with E-state index in [1.165, 1.54) is 18.4 Å². The molecule has 3 nitrogen and oxygen atoms in total. The number of anilines is 1. The van der Waals surface area contributed by atoms with Crippen molar-refractivity contribution in [2.75, 3.05) is 5.32 Å². The van der Waals surface area contributed by atoms with E-state index in [0.717, 1.165) is 11.5 Å². The van der Waals surface area contributed by atoms with E-state index >= 15 is 0 Å². The molecule has 2 rings (SSSR count). The lowest BCUT2D eigenvalue weighted by atomic mass is 10.2. The molecule has 0 aromatic carbocycles. The fourth-order valence-corrected chi connectivity index (χ4v) is 1.74. The number of nitrogens with one attached hydrogen (secondary N) is 2. The van der Waals surface area contributed by atoms with Gasteiger partial charge in [-0.1, -0.05) is 0 Å². The highest BCUT2D eigenvalue weighted by molar-refractivity contribution is 7.80. The summed E-state index contributed by atoms with van der Waals surface area (Å²) in [5.74, 6) is 0.825. The Bertz CT molecular complexity index is 365. The van der Waals surface area contributed by atoms with Gasteiger partial charge in [-0.3, -0.25) is 0 Å². The predicted octanol–water partition coefficient (Wildman–Crippen LogP) is 2.15. The van der Waals surface area contributed by atoms with Gasteiger partial charge in [-0.25, -0.2) is 4.98 Å². The van der Waals surface area contributed by atoms with E-state index < -0.39 is 0 Å². The number of nitrogens with zero attached hydrogens (tertiary/aromatic N) is 1. The average molecular weight is 221 g/mol. The van der Waals surface area contributed by atoms with Crippen LogP contribution in [-0.2, 0) is 0 Å². The summed E-state index contributed by atoms with van der Waals surface area (Å²) < 4.78 is 0. The number of thiocarbonyl (C=S) groups is 1. The number of aromatic nitrogens is 1. The summed E-state index contributed by atoms with van der Waals surface area (Å²) in [5.41, 5.74) is 2.20. The van der Waals surface area contributed by atoms with Gasteiger partial charge in [-0.05, 0) is 56.6 Å². The van der Waals surface area contributed by atoms with Gasteiger partial charge in [-0.2, -0.15) is 0 Å². The van der Waals surface area contributed by atoms with Crippen molar-refractivity contribution in [3.63, 3.8) is 0 Å². The van der Waals surface area contributed by atoms with Crippen LogP contribution in [0.5, 0.6) is 0 Å². The topological polar surface area (TPSA) is 37.0 Å². The van der Waals surface area contributed by atoms with Crippen molar-refractivity contribution in [1.29, 1.82) is 0 Å². The molecule has 15 heavy (non-hydrogen) atoms. The highest BCUT2D eigenvalue weighted by Crippen LogP contribution is 2.18. The molecule has 0 saturated heterocycles. The monoisotopic (exact) mass is 221 g/mol. The normalized spacial score (nSPS) is 14.8. The molecule has 1 aromatic rings. The van der Waals surface area contributed by atoms with E-state index in [0.29, 0.717) is 11.2 Å². The van der Waals surface area contributed by atoms with E-state index in [2.05, 4.69) is 22.5 Å². The zero-order valence-electron chi connectivity index (χ0n) is 9.00. The average Bonchev–Trinajstić information content (AvgIpc) is 2.85. The van der Waals surface area contributed by atoms with Gasteiger partial charge >= 0.3 is 0 Å². The molecule has 0 atom stereocenters. The van der Waals surface area contributed by atoms with E-state index in [4.69, 9.17) is 12.2 Å². The number of aryl methyl sites for hydroxylation is 2. The molecule has 0 aliphatic heterocycles. The molecule has 1 saturated carbocycles. The number of hydrogen-bond donors (Lipinski definition) is 2. The van der Waals surface area contributed by atoms with Crippen LogP contribution in [0.25, 0.3) is 0 Å².